The fraction of sp³-hybridized carbons (Fsp3) is 0.333. The number of benzene rings is 1. The average molecular weight is 285 g/mol. The van der Waals surface area contributed by atoms with Crippen molar-refractivity contribution in [3.05, 3.63) is 24.0 Å². The van der Waals surface area contributed by atoms with Crippen molar-refractivity contribution in [1.29, 1.82) is 0 Å². The summed E-state index contributed by atoms with van der Waals surface area (Å²) >= 11 is 4.67. The van der Waals surface area contributed by atoms with Crippen LogP contribution in [-0.2, 0) is 4.74 Å². The summed E-state index contributed by atoms with van der Waals surface area (Å²) in [5, 5.41) is 5.02. The predicted octanol–water partition coefficient (Wildman–Crippen LogP) is 2.83. The number of anilines is 2. The Morgan fingerprint density at radius 1 is 1.37 bits per heavy atom. The minimum atomic E-state index is -0.737. The van der Waals surface area contributed by atoms with E-state index < -0.39 is 17.5 Å². The van der Waals surface area contributed by atoms with Crippen LogP contribution in [0.3, 0.4) is 0 Å². The minimum absolute atomic E-state index is 0.0181. The van der Waals surface area contributed by atoms with E-state index in [9.17, 15) is 9.18 Å². The number of amides is 1. The van der Waals surface area contributed by atoms with E-state index in [2.05, 4.69) is 22.9 Å². The van der Waals surface area contributed by atoms with Gasteiger partial charge >= 0.3 is 6.09 Å². The molecular formula is C12H16FN3O2S. The van der Waals surface area contributed by atoms with Crippen molar-refractivity contribution in [2.75, 3.05) is 10.6 Å². The summed E-state index contributed by atoms with van der Waals surface area (Å²) in [5.41, 5.74) is 5.11. The molecule has 0 saturated heterocycles. The summed E-state index contributed by atoms with van der Waals surface area (Å²) in [5.74, 6) is -0.584. The van der Waals surface area contributed by atoms with Crippen LogP contribution in [0.15, 0.2) is 18.2 Å². The molecule has 104 valence electrons. The highest BCUT2D eigenvalue weighted by atomic mass is 32.1. The van der Waals surface area contributed by atoms with Crippen molar-refractivity contribution in [1.82, 2.24) is 0 Å². The molecule has 5 nitrogen and oxygen atoms in total. The van der Waals surface area contributed by atoms with Gasteiger partial charge in [-0.3, -0.25) is 5.32 Å². The smallest absolute Gasteiger partial charge is 0.412 e. The molecule has 1 aromatic rings. The molecule has 0 atom stereocenters. The number of nitrogens with two attached hydrogens (primary N) is 1. The van der Waals surface area contributed by atoms with E-state index in [1.165, 1.54) is 18.2 Å². The van der Waals surface area contributed by atoms with E-state index in [0.717, 1.165) is 0 Å². The van der Waals surface area contributed by atoms with Gasteiger partial charge in [0.1, 0.15) is 11.4 Å². The molecule has 0 radical (unpaired) electrons. The van der Waals surface area contributed by atoms with Gasteiger partial charge in [0.15, 0.2) is 5.11 Å². The van der Waals surface area contributed by atoms with E-state index in [-0.39, 0.29) is 10.8 Å². The van der Waals surface area contributed by atoms with Crippen LogP contribution in [-0.4, -0.2) is 16.8 Å². The van der Waals surface area contributed by atoms with Crippen molar-refractivity contribution >= 4 is 34.8 Å². The maximum absolute atomic E-state index is 13.5. The molecule has 0 spiro atoms. The third-order valence-electron chi connectivity index (χ3n) is 1.87. The first-order chi connectivity index (χ1) is 8.67. The highest BCUT2D eigenvalue weighted by Crippen LogP contribution is 2.20. The quantitative estimate of drug-likeness (QED) is 0.728. The van der Waals surface area contributed by atoms with Crippen molar-refractivity contribution in [3.8, 4) is 0 Å². The highest BCUT2D eigenvalue weighted by Gasteiger charge is 2.17. The number of nitrogens with one attached hydrogen (secondary N) is 2. The Hall–Kier alpha value is -1.89. The second-order valence-corrected chi connectivity index (χ2v) is 5.25. The first-order valence-electron chi connectivity index (χ1n) is 5.53. The number of hydrogen-bond acceptors (Lipinski definition) is 3. The normalized spacial score (nSPS) is 10.7. The fourth-order valence-corrected chi connectivity index (χ4v) is 1.37. The number of halogens is 1. The molecular weight excluding hydrogens is 269 g/mol. The van der Waals surface area contributed by atoms with Gasteiger partial charge in [0.2, 0.25) is 0 Å². The number of rotatable bonds is 2. The van der Waals surface area contributed by atoms with Crippen LogP contribution >= 0.6 is 12.2 Å². The number of ether oxygens (including phenoxy) is 1. The summed E-state index contributed by atoms with van der Waals surface area (Å²) < 4.78 is 18.6. The molecule has 1 rings (SSSR count). The number of hydrogen-bond donors (Lipinski definition) is 3. The van der Waals surface area contributed by atoms with Crippen molar-refractivity contribution in [2.45, 2.75) is 26.4 Å². The van der Waals surface area contributed by atoms with Crippen LogP contribution in [0.25, 0.3) is 0 Å². The number of thiocarbonyl (C=S) groups is 1. The maximum atomic E-state index is 13.5. The molecule has 0 heterocycles. The van der Waals surface area contributed by atoms with Gasteiger partial charge in [-0.05, 0) is 51.2 Å². The summed E-state index contributed by atoms with van der Waals surface area (Å²) in [7, 11) is 0. The lowest BCUT2D eigenvalue weighted by atomic mass is 10.2. The monoisotopic (exact) mass is 285 g/mol. The summed E-state index contributed by atoms with van der Waals surface area (Å²) in [6, 6.07) is 4.01. The van der Waals surface area contributed by atoms with Gasteiger partial charge in [-0.15, -0.1) is 0 Å². The molecule has 0 unspecified atom stereocenters. The Labute approximate surface area is 116 Å². The van der Waals surface area contributed by atoms with E-state index >= 15 is 0 Å². The topological polar surface area (TPSA) is 76.4 Å². The molecule has 0 fully saturated rings. The molecule has 19 heavy (non-hydrogen) atoms. The lowest BCUT2D eigenvalue weighted by Gasteiger charge is -2.20. The molecule has 0 aliphatic rings. The maximum Gasteiger partial charge on any atom is 0.412 e. The Balaban J connectivity index is 2.82. The third-order valence-corrected chi connectivity index (χ3v) is 1.97. The Morgan fingerprint density at radius 3 is 2.53 bits per heavy atom. The highest BCUT2D eigenvalue weighted by molar-refractivity contribution is 7.80. The zero-order chi connectivity index (χ0) is 14.6. The SMILES string of the molecule is CC(C)(C)OC(=O)Nc1cc(NC(N)=S)ccc1F. The molecule has 4 N–H and O–H groups in total. The first kappa shape index (κ1) is 15.2. The molecule has 0 saturated carbocycles. The van der Waals surface area contributed by atoms with E-state index in [0.29, 0.717) is 5.69 Å². The van der Waals surface area contributed by atoms with Crippen LogP contribution in [0.4, 0.5) is 20.6 Å². The second-order valence-electron chi connectivity index (χ2n) is 4.81. The molecule has 1 aromatic carbocycles. The molecule has 0 aliphatic carbocycles. The van der Waals surface area contributed by atoms with Gasteiger partial charge in [-0.25, -0.2) is 9.18 Å². The Kier molecular flexibility index (Phi) is 4.66. The van der Waals surface area contributed by atoms with Gasteiger partial charge in [-0.2, -0.15) is 0 Å². The molecule has 7 heteroatoms. The fourth-order valence-electron chi connectivity index (χ4n) is 1.25. The first-order valence-corrected chi connectivity index (χ1v) is 5.94. The zero-order valence-electron chi connectivity index (χ0n) is 10.9. The van der Waals surface area contributed by atoms with Crippen LogP contribution < -0.4 is 16.4 Å². The third kappa shape index (κ3) is 5.52. The molecule has 0 bridgehead atoms. The van der Waals surface area contributed by atoms with Crippen LogP contribution in [0.5, 0.6) is 0 Å². The van der Waals surface area contributed by atoms with Crippen LogP contribution in [0.2, 0.25) is 0 Å². The lowest BCUT2D eigenvalue weighted by Crippen LogP contribution is -2.27. The number of carbonyl (C=O) groups excluding carboxylic acids is 1. The summed E-state index contributed by atoms with van der Waals surface area (Å²) in [4.78, 5) is 11.5. The standard InChI is InChI=1S/C12H16FN3O2S/c1-12(2,3)18-11(17)16-9-6-7(15-10(14)19)4-5-8(9)13/h4-6H,1-3H3,(H,16,17)(H3,14,15,19). The van der Waals surface area contributed by atoms with Crippen LogP contribution in [0.1, 0.15) is 20.8 Å². The van der Waals surface area contributed by atoms with Gasteiger partial charge < -0.3 is 15.8 Å². The van der Waals surface area contributed by atoms with Crippen LogP contribution in [0, 0.1) is 5.82 Å². The predicted molar refractivity (Wildman–Crippen MR) is 76.7 cm³/mol. The zero-order valence-corrected chi connectivity index (χ0v) is 11.7. The summed E-state index contributed by atoms with van der Waals surface area (Å²) in [6.45, 7) is 5.15. The summed E-state index contributed by atoms with van der Waals surface area (Å²) in [6.07, 6.45) is -0.737. The van der Waals surface area contributed by atoms with E-state index in [4.69, 9.17) is 10.5 Å². The molecule has 0 aromatic heterocycles. The number of carbonyl (C=O) groups is 1. The Morgan fingerprint density at radius 2 is 2.00 bits per heavy atom. The van der Waals surface area contributed by atoms with Gasteiger partial charge in [0, 0.05) is 5.69 Å². The minimum Gasteiger partial charge on any atom is -0.444 e. The van der Waals surface area contributed by atoms with Crippen molar-refractivity contribution in [3.63, 3.8) is 0 Å². The second kappa shape index (κ2) is 5.83. The molecule has 0 aliphatic heterocycles. The van der Waals surface area contributed by atoms with Crippen molar-refractivity contribution in [2.24, 2.45) is 5.73 Å². The Bertz CT molecular complexity index is 500. The largest absolute Gasteiger partial charge is 0.444 e. The van der Waals surface area contributed by atoms with Crippen molar-refractivity contribution < 1.29 is 13.9 Å². The van der Waals surface area contributed by atoms with Gasteiger partial charge in [0.25, 0.3) is 0 Å². The lowest BCUT2D eigenvalue weighted by molar-refractivity contribution is 0.0635. The molecule has 1 amide bonds. The van der Waals surface area contributed by atoms with E-state index in [1.807, 2.05) is 0 Å². The van der Waals surface area contributed by atoms with Gasteiger partial charge in [0.05, 0.1) is 5.69 Å². The average Bonchev–Trinajstić information content (AvgIpc) is 2.19. The van der Waals surface area contributed by atoms with Gasteiger partial charge in [-0.1, -0.05) is 0 Å². The van der Waals surface area contributed by atoms with E-state index in [1.54, 1.807) is 20.8 Å².